The first-order chi connectivity index (χ1) is 16.5. The Labute approximate surface area is 206 Å². The molecule has 0 saturated carbocycles. The van der Waals surface area contributed by atoms with Gasteiger partial charge in [0.2, 0.25) is 17.0 Å². The topological polar surface area (TPSA) is 98.3 Å². The van der Waals surface area contributed by atoms with E-state index in [1.807, 2.05) is 45.9 Å². The fraction of sp³-hybridized carbons (Fsp3) is 0.333. The van der Waals surface area contributed by atoms with Crippen LogP contribution in [0.4, 0.5) is 5.69 Å². The average Bonchev–Trinajstić information content (AvgIpc) is 3.16. The van der Waals surface area contributed by atoms with Gasteiger partial charge in [0.15, 0.2) is 0 Å². The van der Waals surface area contributed by atoms with E-state index in [4.69, 9.17) is 21.1 Å². The van der Waals surface area contributed by atoms with Crippen molar-refractivity contribution in [3.63, 3.8) is 0 Å². The van der Waals surface area contributed by atoms with Crippen molar-refractivity contribution < 1.29 is 14.3 Å². The molecule has 0 unspecified atom stereocenters. The summed E-state index contributed by atoms with van der Waals surface area (Å²) in [7, 11) is 0. The lowest BCUT2D eigenvalue weighted by molar-refractivity contribution is 0.0949. The number of amides is 1. The largest absolute Gasteiger partial charge is 0.420 e. The van der Waals surface area contributed by atoms with Crippen molar-refractivity contribution in [1.82, 2.24) is 20.3 Å². The number of ether oxygens (including phenoxy) is 2. The molecule has 4 aromatic rings. The van der Waals surface area contributed by atoms with Crippen molar-refractivity contribution in [2.24, 2.45) is 0 Å². The predicted molar refractivity (Wildman–Crippen MR) is 136 cm³/mol. The van der Waals surface area contributed by atoms with Crippen LogP contribution < -0.4 is 15.4 Å². The Kier molecular flexibility index (Phi) is 7.45. The first-order valence-electron chi connectivity index (χ1n) is 11.2. The molecule has 0 bridgehead atoms. The van der Waals surface area contributed by atoms with E-state index in [-0.39, 0.29) is 17.2 Å². The zero-order valence-electron chi connectivity index (χ0n) is 19.4. The number of halogens is 1. The highest BCUT2D eigenvalue weighted by atomic mass is 35.5. The Morgan fingerprint density at radius 2 is 2.03 bits per heavy atom. The van der Waals surface area contributed by atoms with Gasteiger partial charge in [-0.1, -0.05) is 13.8 Å². The molecule has 5 rings (SSSR count). The number of anilines is 1. The molecule has 8 nitrogen and oxygen atoms in total. The van der Waals surface area contributed by atoms with Gasteiger partial charge in [-0.2, -0.15) is 4.98 Å². The second-order valence-electron chi connectivity index (χ2n) is 7.43. The zero-order chi connectivity index (χ0) is 24.2. The van der Waals surface area contributed by atoms with E-state index in [9.17, 15) is 4.79 Å². The van der Waals surface area contributed by atoms with Crippen LogP contribution in [0.5, 0.6) is 11.8 Å². The van der Waals surface area contributed by atoms with Gasteiger partial charge in [0.1, 0.15) is 4.88 Å². The van der Waals surface area contributed by atoms with Crippen molar-refractivity contribution in [3.05, 3.63) is 46.2 Å². The van der Waals surface area contributed by atoms with Crippen molar-refractivity contribution in [2.75, 3.05) is 18.5 Å². The van der Waals surface area contributed by atoms with Crippen LogP contribution in [0, 0.1) is 0 Å². The molecule has 1 amide bonds. The number of rotatable bonds is 5. The number of aromatic nitrogens is 3. The Bertz CT molecular complexity index is 1340. The number of hydrogen-bond acceptors (Lipinski definition) is 8. The SMILES string of the molecule is CC.CCOCc1cnc(Cl)nc1Oc1ccc2c(ccc3sc4c(c32)NC[C@@H](C)NC4=O)n1. The molecule has 0 aliphatic carbocycles. The van der Waals surface area contributed by atoms with Crippen LogP contribution in [-0.2, 0) is 11.3 Å². The smallest absolute Gasteiger partial charge is 0.263 e. The minimum atomic E-state index is -0.0535. The quantitative estimate of drug-likeness (QED) is 0.335. The average molecular weight is 500 g/mol. The maximum Gasteiger partial charge on any atom is 0.263 e. The normalized spacial score (nSPS) is 15.1. The summed E-state index contributed by atoms with van der Waals surface area (Å²) in [5.41, 5.74) is 2.29. The summed E-state index contributed by atoms with van der Waals surface area (Å²) in [5.74, 6) is 0.635. The van der Waals surface area contributed by atoms with Gasteiger partial charge in [-0.3, -0.25) is 4.79 Å². The van der Waals surface area contributed by atoms with Crippen LogP contribution in [0.3, 0.4) is 0 Å². The van der Waals surface area contributed by atoms with Gasteiger partial charge in [-0.05, 0) is 43.6 Å². The van der Waals surface area contributed by atoms with Gasteiger partial charge in [0.25, 0.3) is 5.91 Å². The second kappa shape index (κ2) is 10.5. The van der Waals surface area contributed by atoms with E-state index in [2.05, 4.69) is 25.6 Å². The van der Waals surface area contributed by atoms with Crippen molar-refractivity contribution >= 4 is 55.5 Å². The standard InChI is InChI=1S/C22H20ClN5O3S.C2H6/c1-3-30-10-12-9-25-22(23)28-21(12)31-16-7-4-13-14(27-16)5-6-15-17(13)18-19(32-15)20(29)26-11(2)8-24-18;1-2/h4-7,9,11,24H,3,8,10H2,1-2H3,(H,26,29);1-2H3/t11-;/m1./s1. The van der Waals surface area contributed by atoms with Crippen molar-refractivity contribution in [1.29, 1.82) is 0 Å². The summed E-state index contributed by atoms with van der Waals surface area (Å²) in [6.07, 6.45) is 1.59. The Morgan fingerprint density at radius 1 is 1.21 bits per heavy atom. The number of fused-ring (bicyclic) bond motifs is 5. The zero-order valence-corrected chi connectivity index (χ0v) is 21.0. The van der Waals surface area contributed by atoms with Crippen LogP contribution >= 0.6 is 22.9 Å². The lowest BCUT2D eigenvalue weighted by Gasteiger charge is -2.11. The highest BCUT2D eigenvalue weighted by Gasteiger charge is 2.24. The number of carbonyl (C=O) groups excluding carboxylic acids is 1. The number of pyridine rings is 1. The van der Waals surface area contributed by atoms with Crippen LogP contribution in [0.15, 0.2) is 30.5 Å². The van der Waals surface area contributed by atoms with E-state index >= 15 is 0 Å². The highest BCUT2D eigenvalue weighted by molar-refractivity contribution is 7.21. The molecule has 3 aromatic heterocycles. The fourth-order valence-electron chi connectivity index (χ4n) is 3.63. The monoisotopic (exact) mass is 499 g/mol. The molecule has 0 spiro atoms. The molecule has 0 fully saturated rings. The number of nitrogens with one attached hydrogen (secondary N) is 2. The van der Waals surface area contributed by atoms with Gasteiger partial charge in [-0.25, -0.2) is 9.97 Å². The predicted octanol–water partition coefficient (Wildman–Crippen LogP) is 5.79. The molecule has 0 radical (unpaired) electrons. The number of thiophene rings is 1. The molecule has 1 aliphatic rings. The van der Waals surface area contributed by atoms with E-state index < -0.39 is 0 Å². The van der Waals surface area contributed by atoms with Gasteiger partial charge < -0.3 is 20.1 Å². The number of hydrogen-bond donors (Lipinski definition) is 2. The van der Waals surface area contributed by atoms with Gasteiger partial charge in [0.05, 0.1) is 23.4 Å². The fourth-order valence-corrected chi connectivity index (χ4v) is 4.86. The van der Waals surface area contributed by atoms with Crippen molar-refractivity contribution in [2.45, 2.75) is 40.3 Å². The first kappa shape index (κ1) is 24.1. The Morgan fingerprint density at radius 3 is 2.82 bits per heavy atom. The van der Waals surface area contributed by atoms with E-state index in [0.29, 0.717) is 42.0 Å². The lowest BCUT2D eigenvalue weighted by Crippen LogP contribution is -2.34. The summed E-state index contributed by atoms with van der Waals surface area (Å²) >= 11 is 7.44. The van der Waals surface area contributed by atoms with Crippen LogP contribution in [0.2, 0.25) is 5.28 Å². The third-order valence-corrected chi connectivity index (χ3v) is 6.46. The minimum Gasteiger partial charge on any atom is -0.420 e. The summed E-state index contributed by atoms with van der Waals surface area (Å²) < 4.78 is 12.4. The molecule has 34 heavy (non-hydrogen) atoms. The van der Waals surface area contributed by atoms with Crippen LogP contribution in [0.25, 0.3) is 21.0 Å². The summed E-state index contributed by atoms with van der Waals surface area (Å²) in [6, 6.07) is 7.69. The number of benzene rings is 1. The molecule has 2 N–H and O–H groups in total. The summed E-state index contributed by atoms with van der Waals surface area (Å²) in [6.45, 7) is 9.42. The third-order valence-electron chi connectivity index (χ3n) is 5.12. The maximum atomic E-state index is 12.6. The van der Waals surface area contributed by atoms with Gasteiger partial charge in [0, 0.05) is 46.9 Å². The van der Waals surface area contributed by atoms with Crippen LogP contribution in [-0.4, -0.2) is 40.1 Å². The molecular formula is C24H26ClN5O3S. The van der Waals surface area contributed by atoms with Gasteiger partial charge in [-0.15, -0.1) is 11.3 Å². The molecule has 0 saturated heterocycles. The van der Waals surface area contributed by atoms with E-state index in [1.165, 1.54) is 11.3 Å². The van der Waals surface area contributed by atoms with E-state index in [1.54, 1.807) is 12.3 Å². The lowest BCUT2D eigenvalue weighted by atomic mass is 10.1. The van der Waals surface area contributed by atoms with Gasteiger partial charge >= 0.3 is 0 Å². The summed E-state index contributed by atoms with van der Waals surface area (Å²) in [4.78, 5) is 26.2. The molecule has 1 atom stereocenters. The minimum absolute atomic E-state index is 0.0517. The summed E-state index contributed by atoms with van der Waals surface area (Å²) in [5, 5.41) is 8.46. The number of carbonyl (C=O) groups is 1. The third kappa shape index (κ3) is 4.77. The second-order valence-corrected chi connectivity index (χ2v) is 8.82. The molecule has 1 aromatic carbocycles. The molecular weight excluding hydrogens is 474 g/mol. The molecule has 4 heterocycles. The van der Waals surface area contributed by atoms with Crippen LogP contribution in [0.1, 0.15) is 42.9 Å². The highest BCUT2D eigenvalue weighted by Crippen LogP contribution is 2.41. The molecule has 178 valence electrons. The molecule has 1 aliphatic heterocycles. The number of nitrogens with zero attached hydrogens (tertiary/aromatic N) is 3. The Hall–Kier alpha value is -3.01. The first-order valence-corrected chi connectivity index (χ1v) is 12.4. The Balaban J connectivity index is 0.00000133. The van der Waals surface area contributed by atoms with E-state index in [0.717, 1.165) is 26.7 Å². The maximum absolute atomic E-state index is 12.6. The molecule has 10 heteroatoms. The van der Waals surface area contributed by atoms with Crippen molar-refractivity contribution in [3.8, 4) is 11.8 Å².